The molecular formula is C13H16ClN3S. The fourth-order valence-electron chi connectivity index (χ4n) is 2.26. The minimum Gasteiger partial charge on any atom is -0.341 e. The van der Waals surface area contributed by atoms with Gasteiger partial charge in [-0.05, 0) is 36.8 Å². The number of thioether (sulfide) groups is 1. The van der Waals surface area contributed by atoms with Gasteiger partial charge in [-0.15, -0.1) is 0 Å². The molecule has 0 amide bonds. The monoisotopic (exact) mass is 281 g/mol. The highest BCUT2D eigenvalue weighted by atomic mass is 35.5. The van der Waals surface area contributed by atoms with Gasteiger partial charge in [0.15, 0.2) is 0 Å². The molecule has 1 fully saturated rings. The van der Waals surface area contributed by atoms with Crippen LogP contribution in [0, 0.1) is 0 Å². The summed E-state index contributed by atoms with van der Waals surface area (Å²) < 4.78 is 0. The Morgan fingerprint density at radius 2 is 2.44 bits per heavy atom. The molecule has 2 N–H and O–H groups in total. The van der Waals surface area contributed by atoms with Crippen molar-refractivity contribution in [2.75, 3.05) is 11.5 Å². The number of nitrogens with one attached hydrogen (secondary N) is 2. The molecular weight excluding hydrogens is 266 g/mol. The van der Waals surface area contributed by atoms with Crippen LogP contribution in [0.1, 0.15) is 18.7 Å². The average molecular weight is 282 g/mol. The predicted octanol–water partition coefficient (Wildman–Crippen LogP) is 3.20. The number of halogens is 1. The first-order chi connectivity index (χ1) is 8.81. The summed E-state index contributed by atoms with van der Waals surface area (Å²) in [6.07, 6.45) is 2.59. The number of fused-ring (bicyclic) bond motifs is 1. The maximum atomic E-state index is 5.96. The second kappa shape index (κ2) is 5.51. The van der Waals surface area contributed by atoms with E-state index in [-0.39, 0.29) is 0 Å². The molecule has 18 heavy (non-hydrogen) atoms. The lowest BCUT2D eigenvalue weighted by Gasteiger charge is -2.21. The lowest BCUT2D eigenvalue weighted by molar-refractivity contribution is 0.501. The van der Waals surface area contributed by atoms with Gasteiger partial charge in [0.05, 0.1) is 17.6 Å². The van der Waals surface area contributed by atoms with Crippen molar-refractivity contribution in [2.45, 2.75) is 25.4 Å². The van der Waals surface area contributed by atoms with Crippen molar-refractivity contribution in [2.24, 2.45) is 0 Å². The first-order valence-electron chi connectivity index (χ1n) is 6.26. The number of hydrogen-bond acceptors (Lipinski definition) is 3. The van der Waals surface area contributed by atoms with Crippen LogP contribution in [0.3, 0.4) is 0 Å². The Bertz CT molecular complexity index is 534. The van der Waals surface area contributed by atoms with Gasteiger partial charge in [0.2, 0.25) is 0 Å². The largest absolute Gasteiger partial charge is 0.341 e. The maximum Gasteiger partial charge on any atom is 0.121 e. The van der Waals surface area contributed by atoms with Crippen LogP contribution in [0.4, 0.5) is 0 Å². The summed E-state index contributed by atoms with van der Waals surface area (Å²) in [5.74, 6) is 3.51. The highest BCUT2D eigenvalue weighted by Crippen LogP contribution is 2.19. The quantitative estimate of drug-likeness (QED) is 0.908. The van der Waals surface area contributed by atoms with Crippen molar-refractivity contribution < 1.29 is 0 Å². The number of aromatic amines is 1. The van der Waals surface area contributed by atoms with Crippen molar-refractivity contribution in [3.63, 3.8) is 0 Å². The van der Waals surface area contributed by atoms with Crippen molar-refractivity contribution >= 4 is 34.4 Å². The van der Waals surface area contributed by atoms with E-state index >= 15 is 0 Å². The molecule has 3 rings (SSSR count). The standard InChI is InChI=1S/C13H16ClN3S/c14-9-3-4-11-12(6-9)17-13(16-11)7-15-10-2-1-5-18-8-10/h3-4,6,10,15H,1-2,5,7-8H2,(H,16,17)/t10-/m1/s1. The zero-order chi connectivity index (χ0) is 12.4. The van der Waals surface area contributed by atoms with E-state index in [0.717, 1.165) is 28.4 Å². The van der Waals surface area contributed by atoms with E-state index in [1.54, 1.807) is 0 Å². The highest BCUT2D eigenvalue weighted by molar-refractivity contribution is 7.99. The third kappa shape index (κ3) is 2.82. The smallest absolute Gasteiger partial charge is 0.121 e. The first-order valence-corrected chi connectivity index (χ1v) is 7.80. The number of aromatic nitrogens is 2. The number of hydrogen-bond donors (Lipinski definition) is 2. The molecule has 2 heterocycles. The fraction of sp³-hybridized carbons (Fsp3) is 0.462. The van der Waals surface area contributed by atoms with Gasteiger partial charge in [-0.1, -0.05) is 11.6 Å². The summed E-state index contributed by atoms with van der Waals surface area (Å²) in [6, 6.07) is 6.37. The van der Waals surface area contributed by atoms with Crippen LogP contribution in [-0.4, -0.2) is 27.5 Å². The Morgan fingerprint density at radius 1 is 1.50 bits per heavy atom. The van der Waals surface area contributed by atoms with Crippen LogP contribution in [0.25, 0.3) is 11.0 Å². The van der Waals surface area contributed by atoms with Gasteiger partial charge < -0.3 is 10.3 Å². The van der Waals surface area contributed by atoms with Gasteiger partial charge in [-0.2, -0.15) is 11.8 Å². The van der Waals surface area contributed by atoms with Crippen LogP contribution >= 0.6 is 23.4 Å². The van der Waals surface area contributed by atoms with Gasteiger partial charge in [0.25, 0.3) is 0 Å². The fourth-order valence-corrected chi connectivity index (χ4v) is 3.54. The molecule has 1 aliphatic heterocycles. The van der Waals surface area contributed by atoms with E-state index in [1.165, 1.54) is 24.3 Å². The molecule has 0 bridgehead atoms. The van der Waals surface area contributed by atoms with E-state index in [1.807, 2.05) is 30.0 Å². The van der Waals surface area contributed by atoms with Crippen molar-refractivity contribution in [3.05, 3.63) is 29.0 Å². The van der Waals surface area contributed by atoms with E-state index in [4.69, 9.17) is 11.6 Å². The minimum atomic E-state index is 0.626. The molecule has 0 aliphatic carbocycles. The molecule has 1 aromatic heterocycles. The Morgan fingerprint density at radius 3 is 3.28 bits per heavy atom. The van der Waals surface area contributed by atoms with Crippen molar-refractivity contribution in [3.8, 4) is 0 Å². The molecule has 1 saturated heterocycles. The molecule has 0 spiro atoms. The highest BCUT2D eigenvalue weighted by Gasteiger charge is 2.13. The minimum absolute atomic E-state index is 0.626. The summed E-state index contributed by atoms with van der Waals surface area (Å²) in [4.78, 5) is 7.87. The molecule has 0 saturated carbocycles. The zero-order valence-corrected chi connectivity index (χ0v) is 11.7. The van der Waals surface area contributed by atoms with Crippen LogP contribution < -0.4 is 5.32 Å². The zero-order valence-electron chi connectivity index (χ0n) is 10.1. The number of H-pyrrole nitrogens is 1. The molecule has 5 heteroatoms. The maximum absolute atomic E-state index is 5.96. The number of rotatable bonds is 3. The predicted molar refractivity (Wildman–Crippen MR) is 78.3 cm³/mol. The summed E-state index contributed by atoms with van der Waals surface area (Å²) in [5.41, 5.74) is 1.99. The Kier molecular flexibility index (Phi) is 3.77. The molecule has 2 aromatic rings. The van der Waals surface area contributed by atoms with Crippen LogP contribution in [-0.2, 0) is 6.54 Å². The molecule has 96 valence electrons. The second-order valence-electron chi connectivity index (χ2n) is 4.64. The molecule has 1 aliphatic rings. The van der Waals surface area contributed by atoms with Crippen LogP contribution in [0.5, 0.6) is 0 Å². The van der Waals surface area contributed by atoms with Gasteiger partial charge >= 0.3 is 0 Å². The van der Waals surface area contributed by atoms with Gasteiger partial charge in [-0.3, -0.25) is 0 Å². The molecule has 0 unspecified atom stereocenters. The number of benzene rings is 1. The van der Waals surface area contributed by atoms with Crippen LogP contribution in [0.15, 0.2) is 18.2 Å². The Balaban J connectivity index is 1.67. The number of nitrogens with zero attached hydrogens (tertiary/aromatic N) is 1. The van der Waals surface area contributed by atoms with E-state index in [9.17, 15) is 0 Å². The lowest BCUT2D eigenvalue weighted by atomic mass is 10.2. The number of imidazole rings is 1. The molecule has 1 atom stereocenters. The summed E-state index contributed by atoms with van der Waals surface area (Å²) in [6.45, 7) is 0.803. The SMILES string of the molecule is Clc1ccc2nc(CN[C@@H]3CCCSC3)[nH]c2c1. The Hall–Kier alpha value is -0.710. The van der Waals surface area contributed by atoms with Crippen LogP contribution in [0.2, 0.25) is 5.02 Å². The summed E-state index contributed by atoms with van der Waals surface area (Å²) >= 11 is 8.00. The van der Waals surface area contributed by atoms with Gasteiger partial charge in [-0.25, -0.2) is 4.98 Å². The normalized spacial score (nSPS) is 20.4. The summed E-state index contributed by atoms with van der Waals surface area (Å²) in [5, 5.41) is 4.31. The molecule has 3 nitrogen and oxygen atoms in total. The molecule has 1 aromatic carbocycles. The average Bonchev–Trinajstić information content (AvgIpc) is 2.79. The second-order valence-corrected chi connectivity index (χ2v) is 6.23. The lowest BCUT2D eigenvalue weighted by Crippen LogP contribution is -2.33. The van der Waals surface area contributed by atoms with Gasteiger partial charge in [0, 0.05) is 16.8 Å². The molecule has 0 radical (unpaired) electrons. The van der Waals surface area contributed by atoms with E-state index < -0.39 is 0 Å². The first kappa shape index (κ1) is 12.3. The Labute approximate surface area is 116 Å². The van der Waals surface area contributed by atoms with Crippen molar-refractivity contribution in [1.29, 1.82) is 0 Å². The van der Waals surface area contributed by atoms with E-state index in [0.29, 0.717) is 6.04 Å². The summed E-state index contributed by atoms with van der Waals surface area (Å²) in [7, 11) is 0. The topological polar surface area (TPSA) is 40.7 Å². The van der Waals surface area contributed by atoms with Gasteiger partial charge in [0.1, 0.15) is 5.82 Å². The third-order valence-corrected chi connectivity index (χ3v) is 4.66. The third-order valence-electron chi connectivity index (χ3n) is 3.21. The van der Waals surface area contributed by atoms with Crippen molar-refractivity contribution in [1.82, 2.24) is 15.3 Å². The van der Waals surface area contributed by atoms with E-state index in [2.05, 4.69) is 15.3 Å².